The van der Waals surface area contributed by atoms with Crippen molar-refractivity contribution in [2.45, 2.75) is 56.8 Å². The normalized spacial score (nSPS) is 21.1. The predicted molar refractivity (Wildman–Crippen MR) is 196 cm³/mol. The average Bonchev–Trinajstić information content (AvgIpc) is 3.72. The molecular formula is C39H43N7O7. The third-order valence-electron chi connectivity index (χ3n) is 9.58. The van der Waals surface area contributed by atoms with Gasteiger partial charge in [0.15, 0.2) is 0 Å². The van der Waals surface area contributed by atoms with E-state index in [0.717, 1.165) is 5.56 Å². The van der Waals surface area contributed by atoms with Crippen molar-refractivity contribution in [3.8, 4) is 22.8 Å². The predicted octanol–water partition coefficient (Wildman–Crippen LogP) is 4.22. The Bertz CT molecular complexity index is 1990. The quantitative estimate of drug-likeness (QED) is 0.138. The number of aliphatic carboxylic acids is 1. The first kappa shape index (κ1) is 36.7. The fourth-order valence-electron chi connectivity index (χ4n) is 6.75. The Morgan fingerprint density at radius 2 is 1.91 bits per heavy atom. The van der Waals surface area contributed by atoms with E-state index in [0.29, 0.717) is 34.5 Å². The number of hydrogen-bond acceptors (Lipinski definition) is 9. The summed E-state index contributed by atoms with van der Waals surface area (Å²) in [6.45, 7) is 7.83. The molecule has 0 spiro atoms. The van der Waals surface area contributed by atoms with E-state index in [4.69, 9.17) is 14.5 Å². The molecular weight excluding hydrogens is 678 g/mol. The minimum absolute atomic E-state index is 0.0237. The van der Waals surface area contributed by atoms with Gasteiger partial charge in [0.2, 0.25) is 5.91 Å². The Kier molecular flexibility index (Phi) is 10.9. The number of carboxylic acid groups (broad SMARTS) is 1. The van der Waals surface area contributed by atoms with Crippen molar-refractivity contribution in [1.29, 1.82) is 0 Å². The molecule has 4 N–H and O–H groups in total. The molecule has 276 valence electrons. The smallest absolute Gasteiger partial charge is 0.330 e. The number of pyridine rings is 1. The number of nitrogens with zero attached hydrogens (tertiary/aromatic N) is 4. The number of nitrogens with one attached hydrogen (secondary N) is 3. The van der Waals surface area contributed by atoms with Gasteiger partial charge < -0.3 is 35.4 Å². The number of urea groups is 1. The zero-order valence-electron chi connectivity index (χ0n) is 29.8. The monoisotopic (exact) mass is 721 g/mol. The van der Waals surface area contributed by atoms with Gasteiger partial charge in [0, 0.05) is 60.4 Å². The van der Waals surface area contributed by atoms with Gasteiger partial charge >= 0.3 is 12.0 Å². The molecule has 2 aliphatic rings. The topological polar surface area (TPSA) is 185 Å². The van der Waals surface area contributed by atoms with Gasteiger partial charge in [-0.3, -0.25) is 14.6 Å². The van der Waals surface area contributed by atoms with Gasteiger partial charge in [-0.1, -0.05) is 50.3 Å². The summed E-state index contributed by atoms with van der Waals surface area (Å²) < 4.78 is 12.1. The summed E-state index contributed by atoms with van der Waals surface area (Å²) in [6, 6.07) is 14.8. The number of benzene rings is 2. The van der Waals surface area contributed by atoms with Crippen molar-refractivity contribution in [3.05, 3.63) is 91.5 Å². The molecule has 1 aliphatic heterocycles. The molecule has 2 aromatic carbocycles. The molecule has 1 unspecified atom stereocenters. The molecule has 2 aromatic heterocycles. The Hall–Kier alpha value is -6.05. The highest BCUT2D eigenvalue weighted by Gasteiger charge is 2.61. The van der Waals surface area contributed by atoms with Crippen molar-refractivity contribution in [2.75, 3.05) is 20.2 Å². The molecule has 4 aromatic rings. The Balaban J connectivity index is 1.27. The molecule has 0 radical (unpaired) electrons. The van der Waals surface area contributed by atoms with Crippen LogP contribution in [0.4, 0.5) is 4.79 Å². The molecule has 1 aliphatic carbocycles. The first-order chi connectivity index (χ1) is 25.5. The molecule has 2 fully saturated rings. The van der Waals surface area contributed by atoms with Crippen LogP contribution in [-0.4, -0.2) is 92.7 Å². The van der Waals surface area contributed by atoms with Gasteiger partial charge in [-0.2, -0.15) is 0 Å². The summed E-state index contributed by atoms with van der Waals surface area (Å²) in [4.78, 5) is 67.3. The van der Waals surface area contributed by atoms with Crippen LogP contribution in [0.25, 0.3) is 22.2 Å². The molecule has 1 saturated heterocycles. The molecule has 0 bridgehead atoms. The Morgan fingerprint density at radius 1 is 1.11 bits per heavy atom. The van der Waals surface area contributed by atoms with Crippen LogP contribution in [0.1, 0.15) is 43.6 Å². The van der Waals surface area contributed by atoms with E-state index in [1.54, 1.807) is 13.2 Å². The number of carbonyl (C=O) groups is 4. The van der Waals surface area contributed by atoms with Crippen LogP contribution in [0, 0.1) is 11.8 Å². The largest absolute Gasteiger partial charge is 0.497 e. The summed E-state index contributed by atoms with van der Waals surface area (Å²) in [6.07, 6.45) is 5.91. The van der Waals surface area contributed by atoms with Crippen LogP contribution in [0.3, 0.4) is 0 Å². The molecule has 6 rings (SSSR count). The van der Waals surface area contributed by atoms with E-state index < -0.39 is 53.5 Å². The second-order valence-corrected chi connectivity index (χ2v) is 13.8. The molecule has 1 saturated carbocycles. The van der Waals surface area contributed by atoms with E-state index in [2.05, 4.69) is 32.5 Å². The maximum atomic E-state index is 14.1. The lowest BCUT2D eigenvalue weighted by atomic mass is 10.0. The lowest BCUT2D eigenvalue weighted by Gasteiger charge is -2.29. The zero-order chi connectivity index (χ0) is 37.7. The minimum atomic E-state index is -1.49. The summed E-state index contributed by atoms with van der Waals surface area (Å²) in [5.74, 6) is -1.38. The highest BCUT2D eigenvalue weighted by molar-refractivity contribution is 5.95. The molecule has 14 heteroatoms. The number of likely N-dealkylation sites (tertiary alicyclic amines) is 1. The molecule has 53 heavy (non-hydrogen) atoms. The lowest BCUT2D eigenvalue weighted by Crippen LogP contribution is -2.56. The van der Waals surface area contributed by atoms with Crippen LogP contribution < -0.4 is 25.4 Å². The first-order valence-electron chi connectivity index (χ1n) is 17.5. The van der Waals surface area contributed by atoms with E-state index in [1.165, 1.54) is 29.6 Å². The van der Waals surface area contributed by atoms with Crippen LogP contribution in [0.5, 0.6) is 11.5 Å². The number of rotatable bonds is 14. The standard InChI is InChI=1S/C39H43N7O7/c1-5-25-19-39(25,37(49)50)45-36(48)33-17-28(22-46(33)38(51)43-26(15-23(2)3)20-42-35(47)32-21-40-13-14-41-32)53-34-18-30(24-9-7-6-8-10-24)44-31-16-27(52-4)11-12-29(31)34/h5-14,16,18,21,23,25-26,28,33H,1,15,17,19-20,22H2,2-4H3,(H,42,47)(H,43,51)(H,45,48)(H,49,50)/t25-,26?,28-,33+,39-/m1/s1. The number of carboxylic acids is 1. The lowest BCUT2D eigenvalue weighted by molar-refractivity contribution is -0.144. The van der Waals surface area contributed by atoms with E-state index in [1.807, 2.05) is 62.4 Å². The first-order valence-corrected chi connectivity index (χ1v) is 17.5. The van der Waals surface area contributed by atoms with Crippen LogP contribution in [-0.2, 0) is 9.59 Å². The van der Waals surface area contributed by atoms with Crippen molar-refractivity contribution in [3.63, 3.8) is 0 Å². The second-order valence-electron chi connectivity index (χ2n) is 13.8. The summed E-state index contributed by atoms with van der Waals surface area (Å²) >= 11 is 0. The molecule has 4 amide bonds. The summed E-state index contributed by atoms with van der Waals surface area (Å²) in [5, 5.41) is 19.3. The van der Waals surface area contributed by atoms with Gasteiger partial charge in [0.1, 0.15) is 34.9 Å². The number of ether oxygens (including phenoxy) is 2. The second kappa shape index (κ2) is 15.7. The highest BCUT2D eigenvalue weighted by Crippen LogP contribution is 2.45. The van der Waals surface area contributed by atoms with Crippen molar-refractivity contribution >= 4 is 34.7 Å². The molecule has 3 heterocycles. The summed E-state index contributed by atoms with van der Waals surface area (Å²) in [7, 11) is 1.58. The third-order valence-corrected chi connectivity index (χ3v) is 9.58. The number of hydrogen-bond donors (Lipinski definition) is 4. The van der Waals surface area contributed by atoms with Crippen LogP contribution >= 0.6 is 0 Å². The van der Waals surface area contributed by atoms with Crippen molar-refractivity contribution in [2.24, 2.45) is 11.8 Å². The van der Waals surface area contributed by atoms with Crippen LogP contribution in [0.15, 0.2) is 85.8 Å². The number of aromatic nitrogens is 3. The Morgan fingerprint density at radius 3 is 2.57 bits per heavy atom. The van der Waals surface area contributed by atoms with Crippen LogP contribution in [0.2, 0.25) is 0 Å². The van der Waals surface area contributed by atoms with Crippen molar-refractivity contribution in [1.82, 2.24) is 35.8 Å². The molecule has 14 nitrogen and oxygen atoms in total. The number of methoxy groups -OCH3 is 1. The van der Waals surface area contributed by atoms with Crippen molar-refractivity contribution < 1.29 is 33.8 Å². The third kappa shape index (κ3) is 8.21. The van der Waals surface area contributed by atoms with Gasteiger partial charge in [0.25, 0.3) is 5.91 Å². The Labute approximate surface area is 307 Å². The maximum absolute atomic E-state index is 14.1. The van der Waals surface area contributed by atoms with Gasteiger partial charge in [0.05, 0.1) is 31.1 Å². The fourth-order valence-corrected chi connectivity index (χ4v) is 6.75. The van der Waals surface area contributed by atoms with E-state index >= 15 is 0 Å². The highest BCUT2D eigenvalue weighted by atomic mass is 16.5. The SMILES string of the molecule is C=C[C@@H]1C[C@]1(NC(=O)[C@@H]1C[C@@H](Oc2cc(-c3ccccc3)nc3cc(OC)ccc23)CN1C(=O)NC(CNC(=O)c1cnccn1)CC(C)C)C(=O)O. The minimum Gasteiger partial charge on any atom is -0.497 e. The summed E-state index contributed by atoms with van der Waals surface area (Å²) in [5.41, 5.74) is 0.817. The average molecular weight is 722 g/mol. The van der Waals surface area contributed by atoms with Gasteiger partial charge in [-0.15, -0.1) is 6.58 Å². The number of amides is 4. The fraction of sp³-hybridized carbons (Fsp3) is 0.359. The zero-order valence-corrected chi connectivity index (χ0v) is 29.8. The van der Waals surface area contributed by atoms with E-state index in [9.17, 15) is 24.3 Å². The van der Waals surface area contributed by atoms with E-state index in [-0.39, 0.29) is 37.5 Å². The number of carbonyl (C=O) groups excluding carboxylic acids is 3. The molecule has 5 atom stereocenters. The maximum Gasteiger partial charge on any atom is 0.330 e. The number of fused-ring (bicyclic) bond motifs is 1. The van der Waals surface area contributed by atoms with Gasteiger partial charge in [-0.05, 0) is 30.9 Å². The van der Waals surface area contributed by atoms with Gasteiger partial charge in [-0.25, -0.2) is 19.6 Å².